The molecule has 0 amide bonds. The van der Waals surface area contributed by atoms with Crippen molar-refractivity contribution in [3.63, 3.8) is 0 Å². The predicted molar refractivity (Wildman–Crippen MR) is 76.5 cm³/mol. The van der Waals surface area contributed by atoms with Gasteiger partial charge in [0.25, 0.3) is 0 Å². The van der Waals surface area contributed by atoms with Crippen LogP contribution < -0.4 is 4.74 Å². The Labute approximate surface area is 116 Å². The summed E-state index contributed by atoms with van der Waals surface area (Å²) in [6.07, 6.45) is 3.58. The van der Waals surface area contributed by atoms with Gasteiger partial charge in [0, 0.05) is 24.9 Å². The molecule has 5 nitrogen and oxygen atoms in total. The van der Waals surface area contributed by atoms with Gasteiger partial charge in [0.1, 0.15) is 6.73 Å². The van der Waals surface area contributed by atoms with Crippen LogP contribution in [0.25, 0.3) is 22.2 Å². The third kappa shape index (κ3) is 2.23. The Kier molecular flexibility index (Phi) is 3.35. The summed E-state index contributed by atoms with van der Waals surface area (Å²) in [4.78, 5) is 8.58. The van der Waals surface area contributed by atoms with Crippen molar-refractivity contribution in [3.8, 4) is 17.0 Å². The van der Waals surface area contributed by atoms with Crippen LogP contribution >= 0.6 is 0 Å². The van der Waals surface area contributed by atoms with Crippen molar-refractivity contribution in [2.75, 3.05) is 14.2 Å². The fourth-order valence-corrected chi connectivity index (χ4v) is 2.15. The van der Waals surface area contributed by atoms with E-state index in [4.69, 9.17) is 9.47 Å². The van der Waals surface area contributed by atoms with Gasteiger partial charge >= 0.3 is 0 Å². The first-order valence-electron chi connectivity index (χ1n) is 6.26. The summed E-state index contributed by atoms with van der Waals surface area (Å²) < 4.78 is 12.2. The Morgan fingerprint density at radius 1 is 1.05 bits per heavy atom. The molecule has 0 aliphatic rings. The molecule has 1 aromatic carbocycles. The molecule has 5 heteroatoms. The summed E-state index contributed by atoms with van der Waals surface area (Å²) in [7, 11) is 3.28. The molecule has 3 aromatic rings. The molecular formula is C15H15N3O2. The monoisotopic (exact) mass is 269 g/mol. The highest BCUT2D eigenvalue weighted by molar-refractivity contribution is 5.82. The van der Waals surface area contributed by atoms with Gasteiger partial charge in [0.15, 0.2) is 0 Å². The predicted octanol–water partition coefficient (Wildman–Crippen LogP) is 2.71. The van der Waals surface area contributed by atoms with Crippen LogP contribution in [0.3, 0.4) is 0 Å². The summed E-state index contributed by atoms with van der Waals surface area (Å²) in [5.41, 5.74) is 4.12. The van der Waals surface area contributed by atoms with Crippen molar-refractivity contribution in [2.45, 2.75) is 6.73 Å². The molecule has 0 fully saturated rings. The van der Waals surface area contributed by atoms with E-state index in [2.05, 4.69) is 16.0 Å². The Morgan fingerprint density at radius 3 is 2.60 bits per heavy atom. The van der Waals surface area contributed by atoms with Crippen molar-refractivity contribution < 1.29 is 9.47 Å². The molecular weight excluding hydrogens is 254 g/mol. The molecule has 0 aliphatic carbocycles. The maximum absolute atomic E-state index is 5.16. The van der Waals surface area contributed by atoms with Gasteiger partial charge in [-0.3, -0.25) is 0 Å². The quantitative estimate of drug-likeness (QED) is 0.730. The zero-order valence-electron chi connectivity index (χ0n) is 11.4. The molecule has 0 aliphatic heterocycles. The lowest BCUT2D eigenvalue weighted by Crippen LogP contribution is -1.97. The van der Waals surface area contributed by atoms with Crippen LogP contribution in [-0.4, -0.2) is 28.8 Å². The molecule has 0 saturated heterocycles. The molecule has 0 unspecified atom stereocenters. The van der Waals surface area contributed by atoms with Gasteiger partial charge in [-0.1, -0.05) is 6.07 Å². The van der Waals surface area contributed by atoms with Crippen LogP contribution in [0.5, 0.6) is 5.88 Å². The summed E-state index contributed by atoms with van der Waals surface area (Å²) in [5, 5.41) is 0. The topological polar surface area (TPSA) is 49.2 Å². The number of hydrogen-bond donors (Lipinski definition) is 0. The van der Waals surface area contributed by atoms with E-state index in [1.165, 1.54) is 0 Å². The summed E-state index contributed by atoms with van der Waals surface area (Å²) in [5.74, 6) is 0.610. The van der Waals surface area contributed by atoms with Crippen LogP contribution in [0.2, 0.25) is 0 Å². The van der Waals surface area contributed by atoms with Crippen molar-refractivity contribution in [2.24, 2.45) is 0 Å². The van der Waals surface area contributed by atoms with Crippen molar-refractivity contribution >= 4 is 11.0 Å². The number of ether oxygens (including phenoxy) is 2. The lowest BCUT2D eigenvalue weighted by molar-refractivity contribution is 0.134. The minimum atomic E-state index is 0.487. The fraction of sp³-hybridized carbons (Fsp3) is 0.200. The van der Waals surface area contributed by atoms with Gasteiger partial charge in [-0.15, -0.1) is 0 Å². The first-order chi connectivity index (χ1) is 9.81. The Bertz CT molecular complexity index is 720. The lowest BCUT2D eigenvalue weighted by Gasteiger charge is -2.05. The molecule has 0 atom stereocenters. The zero-order valence-corrected chi connectivity index (χ0v) is 11.4. The van der Waals surface area contributed by atoms with Crippen LogP contribution in [0, 0.1) is 0 Å². The van der Waals surface area contributed by atoms with E-state index in [-0.39, 0.29) is 0 Å². The standard InChI is InChI=1S/C15H15N3O2/c1-19-10-18-9-17-13-5-3-11(7-14(13)18)12-4-6-15(20-2)16-8-12/h3-9H,10H2,1-2H3. The summed E-state index contributed by atoms with van der Waals surface area (Å²) in [6, 6.07) is 9.97. The van der Waals surface area contributed by atoms with Crippen LogP contribution in [-0.2, 0) is 11.5 Å². The fourth-order valence-electron chi connectivity index (χ4n) is 2.15. The maximum atomic E-state index is 5.16. The second kappa shape index (κ2) is 5.30. The highest BCUT2D eigenvalue weighted by Gasteiger charge is 2.05. The third-order valence-electron chi connectivity index (χ3n) is 3.17. The molecule has 0 N–H and O–H groups in total. The van der Waals surface area contributed by atoms with E-state index in [0.717, 1.165) is 22.2 Å². The van der Waals surface area contributed by atoms with E-state index in [9.17, 15) is 0 Å². The normalized spacial score (nSPS) is 10.9. The molecule has 2 heterocycles. The molecule has 0 radical (unpaired) electrons. The molecule has 20 heavy (non-hydrogen) atoms. The van der Waals surface area contributed by atoms with Gasteiger partial charge in [0.2, 0.25) is 5.88 Å². The molecule has 2 aromatic heterocycles. The van der Waals surface area contributed by atoms with Crippen LogP contribution in [0.4, 0.5) is 0 Å². The highest BCUT2D eigenvalue weighted by Crippen LogP contribution is 2.24. The number of methoxy groups -OCH3 is 2. The number of pyridine rings is 1. The van der Waals surface area contributed by atoms with Crippen molar-refractivity contribution in [3.05, 3.63) is 42.9 Å². The Balaban J connectivity index is 2.04. The van der Waals surface area contributed by atoms with E-state index < -0.39 is 0 Å². The molecule has 3 rings (SSSR count). The van der Waals surface area contributed by atoms with Crippen molar-refractivity contribution in [1.82, 2.24) is 14.5 Å². The molecule has 102 valence electrons. The number of hydrogen-bond acceptors (Lipinski definition) is 4. The van der Waals surface area contributed by atoms with Crippen molar-refractivity contribution in [1.29, 1.82) is 0 Å². The number of aromatic nitrogens is 3. The minimum Gasteiger partial charge on any atom is -0.481 e. The number of benzene rings is 1. The summed E-state index contributed by atoms with van der Waals surface area (Å²) >= 11 is 0. The minimum absolute atomic E-state index is 0.487. The Hall–Kier alpha value is -2.40. The Morgan fingerprint density at radius 2 is 1.90 bits per heavy atom. The zero-order chi connectivity index (χ0) is 13.9. The maximum Gasteiger partial charge on any atom is 0.212 e. The van der Waals surface area contributed by atoms with Gasteiger partial charge in [0.05, 0.1) is 24.5 Å². The first-order valence-corrected chi connectivity index (χ1v) is 6.26. The van der Waals surface area contributed by atoms with E-state index in [1.807, 2.05) is 28.8 Å². The molecule has 0 bridgehead atoms. The number of imidazole rings is 1. The van der Waals surface area contributed by atoms with E-state index in [1.54, 1.807) is 26.7 Å². The van der Waals surface area contributed by atoms with E-state index >= 15 is 0 Å². The second-order valence-electron chi connectivity index (χ2n) is 4.42. The lowest BCUT2D eigenvalue weighted by atomic mass is 10.1. The second-order valence-corrected chi connectivity index (χ2v) is 4.42. The number of rotatable bonds is 4. The van der Waals surface area contributed by atoms with Gasteiger partial charge in [-0.05, 0) is 23.8 Å². The van der Waals surface area contributed by atoms with Crippen LogP contribution in [0.15, 0.2) is 42.9 Å². The first kappa shape index (κ1) is 12.6. The third-order valence-corrected chi connectivity index (χ3v) is 3.17. The number of fused-ring (bicyclic) bond motifs is 1. The summed E-state index contributed by atoms with van der Waals surface area (Å²) in [6.45, 7) is 0.487. The average Bonchev–Trinajstić information content (AvgIpc) is 2.90. The average molecular weight is 269 g/mol. The van der Waals surface area contributed by atoms with Crippen LogP contribution in [0.1, 0.15) is 0 Å². The van der Waals surface area contributed by atoms with Gasteiger partial charge in [-0.2, -0.15) is 0 Å². The SMILES string of the molecule is COCn1cnc2ccc(-c3ccc(OC)nc3)cc21. The van der Waals surface area contributed by atoms with Gasteiger partial charge < -0.3 is 14.0 Å². The smallest absolute Gasteiger partial charge is 0.212 e. The number of nitrogens with zero attached hydrogens (tertiary/aromatic N) is 3. The van der Waals surface area contributed by atoms with Gasteiger partial charge in [-0.25, -0.2) is 9.97 Å². The molecule has 0 saturated carbocycles. The largest absolute Gasteiger partial charge is 0.481 e. The highest BCUT2D eigenvalue weighted by atomic mass is 16.5. The van der Waals surface area contributed by atoms with E-state index in [0.29, 0.717) is 12.6 Å². The molecule has 0 spiro atoms.